The van der Waals surface area contributed by atoms with E-state index < -0.39 is 0 Å². The molecule has 0 aliphatic heterocycles. The van der Waals surface area contributed by atoms with E-state index in [-0.39, 0.29) is 12.5 Å². The van der Waals surface area contributed by atoms with Crippen LogP contribution in [0.25, 0.3) is 11.0 Å². The fourth-order valence-corrected chi connectivity index (χ4v) is 1.66. The molecular formula is C13H17N3O3. The van der Waals surface area contributed by atoms with E-state index in [1.54, 1.807) is 0 Å². The lowest BCUT2D eigenvalue weighted by Crippen LogP contribution is -2.17. The van der Waals surface area contributed by atoms with Crippen molar-refractivity contribution in [3.05, 3.63) is 18.2 Å². The van der Waals surface area contributed by atoms with Crippen molar-refractivity contribution in [2.45, 2.75) is 13.3 Å². The summed E-state index contributed by atoms with van der Waals surface area (Å²) in [5, 5.41) is 2.62. The number of aromatic amines is 1. The summed E-state index contributed by atoms with van der Waals surface area (Å²) in [5.41, 5.74) is 1.60. The number of amides is 1. The first-order chi connectivity index (χ1) is 9.22. The topological polar surface area (TPSA) is 76.2 Å². The fourth-order valence-electron chi connectivity index (χ4n) is 1.66. The average Bonchev–Trinajstić information content (AvgIpc) is 2.77. The standard InChI is InChI=1S/C13H17N3O3/c1-3-6-19-9-4-5-10-11(7-9)15-13(14-10)16-12(17)8-18-2/h4-5,7H,3,6,8H2,1-2H3,(H2,14,15,16,17). The maximum absolute atomic E-state index is 11.4. The summed E-state index contributed by atoms with van der Waals surface area (Å²) in [6, 6.07) is 5.58. The lowest BCUT2D eigenvalue weighted by molar-refractivity contribution is -0.119. The van der Waals surface area contributed by atoms with Crippen LogP contribution in [-0.2, 0) is 9.53 Å². The Hall–Kier alpha value is -2.08. The SMILES string of the molecule is CCCOc1ccc2nc(NC(=O)COC)[nH]c2c1. The van der Waals surface area contributed by atoms with Gasteiger partial charge >= 0.3 is 0 Å². The molecule has 2 N–H and O–H groups in total. The molecule has 0 aliphatic rings. The molecule has 0 unspecified atom stereocenters. The molecule has 2 rings (SSSR count). The molecule has 1 heterocycles. The molecule has 6 nitrogen and oxygen atoms in total. The minimum absolute atomic E-state index is 0.00189. The number of imidazole rings is 1. The third kappa shape index (κ3) is 3.45. The summed E-state index contributed by atoms with van der Waals surface area (Å²) in [5.74, 6) is 0.946. The van der Waals surface area contributed by atoms with Crippen molar-refractivity contribution in [3.8, 4) is 5.75 Å². The molecule has 1 aromatic carbocycles. The van der Waals surface area contributed by atoms with Gasteiger partial charge in [-0.25, -0.2) is 4.98 Å². The molecule has 0 saturated carbocycles. The highest BCUT2D eigenvalue weighted by atomic mass is 16.5. The van der Waals surface area contributed by atoms with Gasteiger partial charge in [0.1, 0.15) is 12.4 Å². The summed E-state index contributed by atoms with van der Waals surface area (Å²) in [6.45, 7) is 2.73. The number of nitrogens with zero attached hydrogens (tertiary/aromatic N) is 1. The van der Waals surface area contributed by atoms with Crippen LogP contribution >= 0.6 is 0 Å². The van der Waals surface area contributed by atoms with Gasteiger partial charge in [0.05, 0.1) is 17.6 Å². The van der Waals surface area contributed by atoms with Gasteiger partial charge < -0.3 is 14.5 Å². The van der Waals surface area contributed by atoms with Gasteiger partial charge in [0.25, 0.3) is 5.91 Å². The van der Waals surface area contributed by atoms with E-state index in [4.69, 9.17) is 9.47 Å². The maximum Gasteiger partial charge on any atom is 0.252 e. The number of hydrogen-bond acceptors (Lipinski definition) is 4. The molecule has 0 atom stereocenters. The number of rotatable bonds is 6. The Kier molecular flexibility index (Phi) is 4.35. The molecule has 1 aromatic heterocycles. The van der Waals surface area contributed by atoms with Crippen molar-refractivity contribution >= 4 is 22.9 Å². The van der Waals surface area contributed by atoms with Crippen LogP contribution in [0, 0.1) is 0 Å². The van der Waals surface area contributed by atoms with Crippen molar-refractivity contribution in [1.82, 2.24) is 9.97 Å². The quantitative estimate of drug-likeness (QED) is 0.835. The largest absolute Gasteiger partial charge is 0.494 e. The van der Waals surface area contributed by atoms with Gasteiger partial charge in [-0.2, -0.15) is 0 Å². The number of carbonyl (C=O) groups excluding carboxylic acids is 1. The van der Waals surface area contributed by atoms with Gasteiger partial charge in [-0.05, 0) is 18.6 Å². The molecule has 2 aromatic rings. The third-order valence-corrected chi connectivity index (χ3v) is 2.46. The number of H-pyrrole nitrogens is 1. The minimum Gasteiger partial charge on any atom is -0.494 e. The number of methoxy groups -OCH3 is 1. The first-order valence-electron chi connectivity index (χ1n) is 6.14. The van der Waals surface area contributed by atoms with Crippen LogP contribution in [-0.4, -0.2) is 36.2 Å². The first-order valence-corrected chi connectivity index (χ1v) is 6.14. The van der Waals surface area contributed by atoms with Crippen LogP contribution in [0.3, 0.4) is 0 Å². The zero-order valence-corrected chi connectivity index (χ0v) is 11.0. The zero-order valence-electron chi connectivity index (χ0n) is 11.0. The van der Waals surface area contributed by atoms with Crippen molar-refractivity contribution in [1.29, 1.82) is 0 Å². The van der Waals surface area contributed by atoms with E-state index in [1.165, 1.54) is 7.11 Å². The molecule has 0 bridgehead atoms. The van der Waals surface area contributed by atoms with Crippen LogP contribution < -0.4 is 10.1 Å². The lowest BCUT2D eigenvalue weighted by Gasteiger charge is -2.03. The summed E-state index contributed by atoms with van der Waals surface area (Å²) in [6.07, 6.45) is 0.958. The highest BCUT2D eigenvalue weighted by molar-refractivity contribution is 5.92. The molecule has 0 aliphatic carbocycles. The molecule has 1 amide bonds. The number of benzene rings is 1. The van der Waals surface area contributed by atoms with Crippen LogP contribution in [0.5, 0.6) is 5.75 Å². The fraction of sp³-hybridized carbons (Fsp3) is 0.385. The monoisotopic (exact) mass is 263 g/mol. The van der Waals surface area contributed by atoms with Gasteiger partial charge in [0, 0.05) is 13.2 Å². The number of ether oxygens (including phenoxy) is 2. The van der Waals surface area contributed by atoms with Gasteiger partial charge in [-0.1, -0.05) is 6.92 Å². The Balaban J connectivity index is 2.13. The van der Waals surface area contributed by atoms with Crippen LogP contribution in [0.4, 0.5) is 5.95 Å². The van der Waals surface area contributed by atoms with Crippen LogP contribution in [0.15, 0.2) is 18.2 Å². The molecule has 102 valence electrons. The van der Waals surface area contributed by atoms with Crippen molar-refractivity contribution < 1.29 is 14.3 Å². The number of carbonyl (C=O) groups is 1. The van der Waals surface area contributed by atoms with Crippen molar-refractivity contribution in [2.24, 2.45) is 0 Å². The first kappa shape index (κ1) is 13.4. The number of nitrogens with one attached hydrogen (secondary N) is 2. The normalized spacial score (nSPS) is 10.6. The van der Waals surface area contributed by atoms with Gasteiger partial charge in [-0.15, -0.1) is 0 Å². The van der Waals surface area contributed by atoms with E-state index in [9.17, 15) is 4.79 Å². The summed E-state index contributed by atoms with van der Waals surface area (Å²) in [4.78, 5) is 18.7. The van der Waals surface area contributed by atoms with Gasteiger partial charge in [0.2, 0.25) is 5.95 Å². The summed E-state index contributed by atoms with van der Waals surface area (Å²) in [7, 11) is 1.47. The van der Waals surface area contributed by atoms with Gasteiger partial charge in [-0.3, -0.25) is 10.1 Å². The second-order valence-corrected chi connectivity index (χ2v) is 4.09. The smallest absolute Gasteiger partial charge is 0.252 e. The molecule has 0 spiro atoms. The Morgan fingerprint density at radius 3 is 3.05 bits per heavy atom. The summed E-state index contributed by atoms with van der Waals surface area (Å²) >= 11 is 0. The van der Waals surface area contributed by atoms with E-state index in [0.717, 1.165) is 23.2 Å². The number of fused-ring (bicyclic) bond motifs is 1. The highest BCUT2D eigenvalue weighted by Gasteiger charge is 2.07. The Labute approximate surface area is 111 Å². The van der Waals surface area contributed by atoms with E-state index in [2.05, 4.69) is 22.2 Å². The molecular weight excluding hydrogens is 246 g/mol. The maximum atomic E-state index is 11.4. The third-order valence-electron chi connectivity index (χ3n) is 2.46. The highest BCUT2D eigenvalue weighted by Crippen LogP contribution is 2.20. The van der Waals surface area contributed by atoms with Crippen molar-refractivity contribution in [3.63, 3.8) is 0 Å². The Morgan fingerprint density at radius 2 is 2.32 bits per heavy atom. The molecule has 19 heavy (non-hydrogen) atoms. The van der Waals surface area contributed by atoms with E-state index >= 15 is 0 Å². The lowest BCUT2D eigenvalue weighted by atomic mass is 10.3. The van der Waals surface area contributed by atoms with E-state index in [1.807, 2.05) is 18.2 Å². The average molecular weight is 263 g/mol. The van der Waals surface area contributed by atoms with Gasteiger partial charge in [0.15, 0.2) is 0 Å². The minimum atomic E-state index is -0.246. The Morgan fingerprint density at radius 1 is 1.47 bits per heavy atom. The Bertz CT molecular complexity index is 565. The molecule has 0 fully saturated rings. The second kappa shape index (κ2) is 6.19. The molecule has 0 saturated heterocycles. The number of aromatic nitrogens is 2. The predicted molar refractivity (Wildman–Crippen MR) is 72.4 cm³/mol. The predicted octanol–water partition coefficient (Wildman–Crippen LogP) is 1.94. The van der Waals surface area contributed by atoms with Crippen molar-refractivity contribution in [2.75, 3.05) is 25.6 Å². The molecule has 6 heteroatoms. The second-order valence-electron chi connectivity index (χ2n) is 4.09. The number of anilines is 1. The van der Waals surface area contributed by atoms with Crippen LogP contribution in [0.1, 0.15) is 13.3 Å². The zero-order chi connectivity index (χ0) is 13.7. The van der Waals surface area contributed by atoms with E-state index in [0.29, 0.717) is 12.6 Å². The van der Waals surface area contributed by atoms with Crippen LogP contribution in [0.2, 0.25) is 0 Å². The summed E-state index contributed by atoms with van der Waals surface area (Å²) < 4.78 is 10.3. The molecule has 0 radical (unpaired) electrons. The number of hydrogen-bond donors (Lipinski definition) is 2.